The average molecular weight is 557 g/mol. The van der Waals surface area contributed by atoms with E-state index in [-0.39, 0.29) is 0 Å². The Morgan fingerprint density at radius 3 is 1.50 bits per heavy atom. The summed E-state index contributed by atoms with van der Waals surface area (Å²) in [4.78, 5) is 0. The number of hydrogen-bond donors (Lipinski definition) is 0. The van der Waals surface area contributed by atoms with Gasteiger partial charge in [-0.15, -0.1) is 0 Å². The van der Waals surface area contributed by atoms with E-state index in [0.717, 1.165) is 0 Å². The van der Waals surface area contributed by atoms with E-state index in [1.54, 1.807) is 0 Å². The maximum Gasteiger partial charge on any atom is -0.00259 e. The summed E-state index contributed by atoms with van der Waals surface area (Å²) in [7, 11) is 0. The van der Waals surface area contributed by atoms with Crippen LogP contribution in [0.15, 0.2) is 170 Å². The van der Waals surface area contributed by atoms with Gasteiger partial charge in [0.25, 0.3) is 0 Å². The van der Waals surface area contributed by atoms with E-state index in [9.17, 15) is 0 Å². The summed E-state index contributed by atoms with van der Waals surface area (Å²) >= 11 is 0. The SMILES string of the molecule is c1ccc2cc(-c3ccc(-c4cc5cc(-c6cccc7ccccc67)c6ccccc6c5c5ccccc45)cc3)ccc2c1. The molecule has 0 saturated heterocycles. The van der Waals surface area contributed by atoms with E-state index < -0.39 is 0 Å². The maximum absolute atomic E-state index is 2.42. The van der Waals surface area contributed by atoms with E-state index in [2.05, 4.69) is 170 Å². The van der Waals surface area contributed by atoms with Crippen molar-refractivity contribution in [2.24, 2.45) is 0 Å². The molecule has 0 aliphatic heterocycles. The molecule has 0 fully saturated rings. The van der Waals surface area contributed by atoms with Crippen molar-refractivity contribution in [1.29, 1.82) is 0 Å². The molecule has 204 valence electrons. The molecule has 0 nitrogen and oxygen atoms in total. The van der Waals surface area contributed by atoms with Crippen LogP contribution in [0.4, 0.5) is 0 Å². The highest BCUT2D eigenvalue weighted by Gasteiger charge is 2.15. The molecule has 0 unspecified atom stereocenters. The summed E-state index contributed by atoms with van der Waals surface area (Å²) in [6.07, 6.45) is 0. The molecular weight excluding hydrogens is 528 g/mol. The van der Waals surface area contributed by atoms with Crippen LogP contribution in [0.5, 0.6) is 0 Å². The summed E-state index contributed by atoms with van der Waals surface area (Å²) in [5.74, 6) is 0. The van der Waals surface area contributed by atoms with Crippen LogP contribution in [0.1, 0.15) is 0 Å². The monoisotopic (exact) mass is 556 g/mol. The zero-order valence-corrected chi connectivity index (χ0v) is 24.2. The summed E-state index contributed by atoms with van der Waals surface area (Å²) in [6, 6.07) is 62.3. The van der Waals surface area contributed by atoms with E-state index in [0.29, 0.717) is 0 Å². The minimum atomic E-state index is 1.23. The third kappa shape index (κ3) is 3.92. The fraction of sp³-hybridized carbons (Fsp3) is 0. The summed E-state index contributed by atoms with van der Waals surface area (Å²) in [6.45, 7) is 0. The van der Waals surface area contributed by atoms with Crippen LogP contribution in [0.3, 0.4) is 0 Å². The minimum absolute atomic E-state index is 1.23. The highest BCUT2D eigenvalue weighted by molar-refractivity contribution is 6.26. The zero-order valence-electron chi connectivity index (χ0n) is 24.2. The summed E-state index contributed by atoms with van der Waals surface area (Å²) < 4.78 is 0. The van der Waals surface area contributed by atoms with Crippen molar-refractivity contribution in [3.05, 3.63) is 170 Å². The van der Waals surface area contributed by atoms with Crippen molar-refractivity contribution in [1.82, 2.24) is 0 Å². The van der Waals surface area contributed by atoms with Gasteiger partial charge in [-0.2, -0.15) is 0 Å². The first-order valence-electron chi connectivity index (χ1n) is 15.3. The normalized spacial score (nSPS) is 11.6. The van der Waals surface area contributed by atoms with Crippen molar-refractivity contribution in [3.63, 3.8) is 0 Å². The van der Waals surface area contributed by atoms with Crippen molar-refractivity contribution in [2.45, 2.75) is 0 Å². The number of rotatable bonds is 3. The number of fused-ring (bicyclic) bond motifs is 7. The van der Waals surface area contributed by atoms with Gasteiger partial charge in [-0.3, -0.25) is 0 Å². The average Bonchev–Trinajstić information content (AvgIpc) is 3.10. The van der Waals surface area contributed by atoms with E-state index in [1.165, 1.54) is 87.2 Å². The molecule has 9 aromatic rings. The fourth-order valence-corrected chi connectivity index (χ4v) is 7.11. The first-order chi connectivity index (χ1) is 21.8. The topological polar surface area (TPSA) is 0 Å². The molecule has 0 spiro atoms. The lowest BCUT2D eigenvalue weighted by Crippen LogP contribution is -1.90. The summed E-state index contributed by atoms with van der Waals surface area (Å²) in [5.41, 5.74) is 7.51. The highest BCUT2D eigenvalue weighted by Crippen LogP contribution is 2.43. The Morgan fingerprint density at radius 1 is 0.227 bits per heavy atom. The Balaban J connectivity index is 1.27. The first kappa shape index (κ1) is 24.8. The number of hydrogen-bond acceptors (Lipinski definition) is 0. The van der Waals surface area contributed by atoms with Gasteiger partial charge in [-0.1, -0.05) is 152 Å². The molecule has 0 bridgehead atoms. The van der Waals surface area contributed by atoms with Gasteiger partial charge in [0, 0.05) is 0 Å². The first-order valence-corrected chi connectivity index (χ1v) is 15.3. The summed E-state index contributed by atoms with van der Waals surface area (Å²) in [5, 5.41) is 12.8. The quantitative estimate of drug-likeness (QED) is 0.190. The van der Waals surface area contributed by atoms with E-state index in [1.807, 2.05) is 0 Å². The third-order valence-electron chi connectivity index (χ3n) is 9.22. The van der Waals surface area contributed by atoms with E-state index >= 15 is 0 Å². The molecule has 0 aliphatic carbocycles. The highest BCUT2D eigenvalue weighted by atomic mass is 14.2. The Labute approximate surface area is 256 Å². The molecule has 0 atom stereocenters. The predicted octanol–water partition coefficient (Wildman–Crippen LogP) is 12.5. The molecule has 0 heteroatoms. The second kappa shape index (κ2) is 9.93. The van der Waals surface area contributed by atoms with Gasteiger partial charge in [0.15, 0.2) is 0 Å². The van der Waals surface area contributed by atoms with Gasteiger partial charge in [0.1, 0.15) is 0 Å². The van der Waals surface area contributed by atoms with Crippen LogP contribution < -0.4 is 0 Å². The molecule has 0 heterocycles. The lowest BCUT2D eigenvalue weighted by molar-refractivity contribution is 1.63. The van der Waals surface area contributed by atoms with Crippen LogP contribution in [0.25, 0.3) is 87.2 Å². The predicted molar refractivity (Wildman–Crippen MR) is 190 cm³/mol. The second-order valence-corrected chi connectivity index (χ2v) is 11.7. The molecule has 0 aliphatic rings. The van der Waals surface area contributed by atoms with Gasteiger partial charge >= 0.3 is 0 Å². The molecule has 0 N–H and O–H groups in total. The fourth-order valence-electron chi connectivity index (χ4n) is 7.11. The largest absolute Gasteiger partial charge is 0.0616 e. The van der Waals surface area contributed by atoms with Crippen LogP contribution in [-0.4, -0.2) is 0 Å². The lowest BCUT2D eigenvalue weighted by Gasteiger charge is -2.17. The van der Waals surface area contributed by atoms with Crippen LogP contribution in [0, 0.1) is 0 Å². The Kier molecular flexibility index (Phi) is 5.61. The van der Waals surface area contributed by atoms with Crippen molar-refractivity contribution >= 4 is 53.9 Å². The molecule has 9 rings (SSSR count). The molecular formula is C44H28. The molecule has 0 saturated carbocycles. The van der Waals surface area contributed by atoms with Crippen LogP contribution in [0.2, 0.25) is 0 Å². The zero-order chi connectivity index (χ0) is 29.0. The Bertz CT molecular complexity index is 2530. The molecule has 44 heavy (non-hydrogen) atoms. The lowest BCUT2D eigenvalue weighted by atomic mass is 9.86. The Morgan fingerprint density at radius 2 is 0.750 bits per heavy atom. The maximum atomic E-state index is 2.42. The van der Waals surface area contributed by atoms with Gasteiger partial charge in [-0.05, 0) is 105 Å². The van der Waals surface area contributed by atoms with Crippen molar-refractivity contribution in [3.8, 4) is 33.4 Å². The molecule has 9 aromatic carbocycles. The smallest absolute Gasteiger partial charge is 0.00259 e. The second-order valence-electron chi connectivity index (χ2n) is 11.7. The van der Waals surface area contributed by atoms with Gasteiger partial charge in [-0.25, -0.2) is 0 Å². The van der Waals surface area contributed by atoms with Crippen molar-refractivity contribution in [2.75, 3.05) is 0 Å². The third-order valence-corrected chi connectivity index (χ3v) is 9.22. The van der Waals surface area contributed by atoms with Gasteiger partial charge in [0.2, 0.25) is 0 Å². The standard InChI is InChI=1S/C44H28/c1-2-12-33-26-34(25-22-29(33)10-1)30-20-23-32(24-21-30)42-27-35-28-43(37-19-9-13-31-11-3-4-14-36(31)37)39-16-6-8-18-41(39)44(35)40-17-7-5-15-38(40)42/h1-28H. The molecule has 0 aromatic heterocycles. The van der Waals surface area contributed by atoms with Crippen LogP contribution in [-0.2, 0) is 0 Å². The van der Waals surface area contributed by atoms with Gasteiger partial charge in [0.05, 0.1) is 0 Å². The molecule has 0 amide bonds. The van der Waals surface area contributed by atoms with Crippen molar-refractivity contribution < 1.29 is 0 Å². The number of benzene rings is 9. The van der Waals surface area contributed by atoms with E-state index in [4.69, 9.17) is 0 Å². The minimum Gasteiger partial charge on any atom is -0.0616 e. The Hall–Kier alpha value is -5.72. The van der Waals surface area contributed by atoms with Crippen LogP contribution >= 0.6 is 0 Å². The van der Waals surface area contributed by atoms with Gasteiger partial charge < -0.3 is 0 Å². The molecule has 0 radical (unpaired) electrons.